The van der Waals surface area contributed by atoms with Gasteiger partial charge in [-0.05, 0) is 42.5 Å². The third-order valence-corrected chi connectivity index (χ3v) is 4.96. The maximum absolute atomic E-state index is 13.3. The van der Waals surface area contributed by atoms with Crippen LogP contribution < -0.4 is 14.8 Å². The van der Waals surface area contributed by atoms with Gasteiger partial charge in [-0.2, -0.15) is 0 Å². The number of ether oxygens (including phenoxy) is 3. The zero-order chi connectivity index (χ0) is 18.9. The van der Waals surface area contributed by atoms with E-state index in [1.54, 1.807) is 42.3 Å². The Kier molecular flexibility index (Phi) is 4.61. The van der Waals surface area contributed by atoms with Gasteiger partial charge in [0.25, 0.3) is 0 Å². The van der Waals surface area contributed by atoms with E-state index in [1.165, 1.54) is 12.1 Å². The molecule has 2 aliphatic rings. The third kappa shape index (κ3) is 3.68. The van der Waals surface area contributed by atoms with Crippen molar-refractivity contribution in [2.75, 3.05) is 25.5 Å². The first kappa shape index (κ1) is 17.6. The van der Waals surface area contributed by atoms with Crippen molar-refractivity contribution in [3.05, 3.63) is 53.8 Å². The highest BCUT2D eigenvalue weighted by molar-refractivity contribution is 5.89. The molecule has 1 fully saturated rings. The number of hydrogen-bond donors (Lipinski definition) is 1. The van der Waals surface area contributed by atoms with E-state index in [2.05, 4.69) is 5.32 Å². The zero-order valence-corrected chi connectivity index (χ0v) is 15.0. The largest absolute Gasteiger partial charge is 0.497 e. The summed E-state index contributed by atoms with van der Waals surface area (Å²) < 4.78 is 30.4. The number of nitrogens with zero attached hydrogens (tertiary/aromatic N) is 1. The second kappa shape index (κ2) is 7.08. The van der Waals surface area contributed by atoms with Gasteiger partial charge in [0.05, 0.1) is 13.7 Å². The lowest BCUT2D eigenvalue weighted by atomic mass is 10.0. The predicted molar refractivity (Wildman–Crippen MR) is 97.4 cm³/mol. The van der Waals surface area contributed by atoms with Crippen LogP contribution in [0.1, 0.15) is 18.4 Å². The first-order valence-electron chi connectivity index (χ1n) is 8.88. The summed E-state index contributed by atoms with van der Waals surface area (Å²) in [6.45, 7) is 1.34. The molecule has 4 rings (SSSR count). The van der Waals surface area contributed by atoms with Crippen molar-refractivity contribution < 1.29 is 23.4 Å². The SMILES string of the molecule is COc1ccc(NC(=O)N2CCC3(CC2)OCc2cc(F)ccc2O3)cc1. The van der Waals surface area contributed by atoms with Crippen LogP contribution in [0.3, 0.4) is 0 Å². The first-order chi connectivity index (χ1) is 13.1. The second-order valence-electron chi connectivity index (χ2n) is 6.70. The summed E-state index contributed by atoms with van der Waals surface area (Å²) >= 11 is 0. The number of carbonyl (C=O) groups excluding carboxylic acids is 1. The Balaban J connectivity index is 1.35. The van der Waals surface area contributed by atoms with Crippen LogP contribution in [0.15, 0.2) is 42.5 Å². The standard InChI is InChI=1S/C20H21FN2O4/c1-25-17-5-3-16(4-6-17)22-19(24)23-10-8-20(9-11-23)26-13-14-12-15(21)2-7-18(14)27-20/h2-7,12H,8-11,13H2,1H3,(H,22,24). The molecule has 7 heteroatoms. The fourth-order valence-corrected chi connectivity index (χ4v) is 3.37. The molecule has 0 saturated carbocycles. The van der Waals surface area contributed by atoms with Crippen LogP contribution in [0.5, 0.6) is 11.5 Å². The molecule has 142 valence electrons. The molecule has 0 bridgehead atoms. The monoisotopic (exact) mass is 372 g/mol. The molecule has 0 atom stereocenters. The number of urea groups is 1. The van der Waals surface area contributed by atoms with E-state index < -0.39 is 5.79 Å². The number of amides is 2. The lowest BCUT2D eigenvalue weighted by Gasteiger charge is -2.43. The molecule has 2 heterocycles. The highest BCUT2D eigenvalue weighted by atomic mass is 19.1. The van der Waals surface area contributed by atoms with Gasteiger partial charge in [0.1, 0.15) is 17.3 Å². The molecule has 0 aliphatic carbocycles. The Morgan fingerprint density at radius 2 is 1.93 bits per heavy atom. The Bertz CT molecular complexity index is 832. The molecule has 1 N–H and O–H groups in total. The van der Waals surface area contributed by atoms with Crippen LogP contribution in [-0.4, -0.2) is 36.9 Å². The van der Waals surface area contributed by atoms with Crippen molar-refractivity contribution in [1.82, 2.24) is 4.90 Å². The van der Waals surface area contributed by atoms with Gasteiger partial charge < -0.3 is 24.4 Å². The van der Waals surface area contributed by atoms with Crippen molar-refractivity contribution in [2.45, 2.75) is 25.2 Å². The molecular weight excluding hydrogens is 351 g/mol. The lowest BCUT2D eigenvalue weighted by Crippen LogP contribution is -2.53. The Labute approximate surface area is 156 Å². The van der Waals surface area contributed by atoms with Crippen molar-refractivity contribution >= 4 is 11.7 Å². The molecule has 2 aliphatic heterocycles. The minimum Gasteiger partial charge on any atom is -0.497 e. The average molecular weight is 372 g/mol. The average Bonchev–Trinajstić information content (AvgIpc) is 2.69. The Hall–Kier alpha value is -2.80. The molecule has 1 spiro atoms. The second-order valence-corrected chi connectivity index (χ2v) is 6.70. The maximum atomic E-state index is 13.3. The van der Waals surface area contributed by atoms with Crippen LogP contribution in [0.4, 0.5) is 14.9 Å². The lowest BCUT2D eigenvalue weighted by molar-refractivity contribution is -0.225. The molecule has 2 aromatic rings. The van der Waals surface area contributed by atoms with Gasteiger partial charge in [-0.1, -0.05) is 0 Å². The Morgan fingerprint density at radius 3 is 2.63 bits per heavy atom. The molecular formula is C20H21FN2O4. The van der Waals surface area contributed by atoms with E-state index in [-0.39, 0.29) is 11.8 Å². The van der Waals surface area contributed by atoms with Crippen molar-refractivity contribution in [1.29, 1.82) is 0 Å². The topological polar surface area (TPSA) is 60.0 Å². The summed E-state index contributed by atoms with van der Waals surface area (Å²) in [6, 6.07) is 11.5. The van der Waals surface area contributed by atoms with E-state index in [0.717, 1.165) is 5.75 Å². The first-order valence-corrected chi connectivity index (χ1v) is 8.88. The van der Waals surface area contributed by atoms with Gasteiger partial charge in [0, 0.05) is 37.2 Å². The maximum Gasteiger partial charge on any atom is 0.321 e. The number of likely N-dealkylation sites (tertiary alicyclic amines) is 1. The molecule has 2 aromatic carbocycles. The minimum atomic E-state index is -0.748. The number of rotatable bonds is 2. The minimum absolute atomic E-state index is 0.159. The van der Waals surface area contributed by atoms with Gasteiger partial charge in [-0.25, -0.2) is 9.18 Å². The number of benzene rings is 2. The van der Waals surface area contributed by atoms with Crippen LogP contribution in [0, 0.1) is 5.82 Å². The van der Waals surface area contributed by atoms with Crippen molar-refractivity contribution in [3.63, 3.8) is 0 Å². The molecule has 0 unspecified atom stereocenters. The summed E-state index contributed by atoms with van der Waals surface area (Å²) in [7, 11) is 1.60. The number of carbonyl (C=O) groups is 1. The van der Waals surface area contributed by atoms with E-state index in [4.69, 9.17) is 14.2 Å². The van der Waals surface area contributed by atoms with E-state index in [1.807, 2.05) is 0 Å². The fourth-order valence-electron chi connectivity index (χ4n) is 3.37. The summed E-state index contributed by atoms with van der Waals surface area (Å²) in [5, 5.41) is 2.88. The third-order valence-electron chi connectivity index (χ3n) is 4.96. The van der Waals surface area contributed by atoms with Gasteiger partial charge in [-0.3, -0.25) is 0 Å². The fraction of sp³-hybridized carbons (Fsp3) is 0.350. The number of nitrogens with one attached hydrogen (secondary N) is 1. The smallest absolute Gasteiger partial charge is 0.321 e. The quantitative estimate of drug-likeness (QED) is 0.872. The number of anilines is 1. The van der Waals surface area contributed by atoms with Crippen molar-refractivity contribution in [3.8, 4) is 11.5 Å². The van der Waals surface area contributed by atoms with E-state index in [9.17, 15) is 9.18 Å². The Morgan fingerprint density at radius 1 is 1.19 bits per heavy atom. The van der Waals surface area contributed by atoms with E-state index >= 15 is 0 Å². The van der Waals surface area contributed by atoms with Crippen LogP contribution in [0.25, 0.3) is 0 Å². The molecule has 1 saturated heterocycles. The van der Waals surface area contributed by atoms with Crippen molar-refractivity contribution in [2.24, 2.45) is 0 Å². The number of piperidine rings is 1. The molecule has 2 amide bonds. The summed E-state index contributed by atoms with van der Waals surface area (Å²) in [5.74, 6) is 0.335. The summed E-state index contributed by atoms with van der Waals surface area (Å²) in [4.78, 5) is 14.2. The van der Waals surface area contributed by atoms with Gasteiger partial charge in [0.2, 0.25) is 5.79 Å². The number of fused-ring (bicyclic) bond motifs is 1. The normalized spacial score (nSPS) is 17.8. The molecule has 6 nitrogen and oxygen atoms in total. The number of halogens is 1. The van der Waals surface area contributed by atoms with Gasteiger partial charge >= 0.3 is 6.03 Å². The zero-order valence-electron chi connectivity index (χ0n) is 15.0. The van der Waals surface area contributed by atoms with Gasteiger partial charge in [0.15, 0.2) is 0 Å². The predicted octanol–water partition coefficient (Wildman–Crippen LogP) is 3.77. The molecule has 0 aromatic heterocycles. The highest BCUT2D eigenvalue weighted by Gasteiger charge is 2.42. The van der Waals surface area contributed by atoms with Gasteiger partial charge in [-0.15, -0.1) is 0 Å². The molecule has 0 radical (unpaired) electrons. The van der Waals surface area contributed by atoms with Crippen LogP contribution in [0.2, 0.25) is 0 Å². The summed E-state index contributed by atoms with van der Waals surface area (Å²) in [5.41, 5.74) is 1.42. The van der Waals surface area contributed by atoms with Crippen LogP contribution >= 0.6 is 0 Å². The van der Waals surface area contributed by atoms with Crippen LogP contribution in [-0.2, 0) is 11.3 Å². The number of hydrogen-bond acceptors (Lipinski definition) is 4. The summed E-state index contributed by atoms with van der Waals surface area (Å²) in [6.07, 6.45) is 1.11. The van der Waals surface area contributed by atoms with E-state index in [0.29, 0.717) is 49.5 Å². The number of methoxy groups -OCH3 is 1. The molecule has 27 heavy (non-hydrogen) atoms. The highest BCUT2D eigenvalue weighted by Crippen LogP contribution is 2.37.